The summed E-state index contributed by atoms with van der Waals surface area (Å²) >= 11 is 0. The molecule has 0 aliphatic heterocycles. The number of amides is 2. The summed E-state index contributed by atoms with van der Waals surface area (Å²) in [6.45, 7) is 8.58. The van der Waals surface area contributed by atoms with Gasteiger partial charge in [0, 0.05) is 18.3 Å². The van der Waals surface area contributed by atoms with Crippen molar-refractivity contribution in [2.75, 3.05) is 5.32 Å². The first-order valence-electron chi connectivity index (χ1n) is 9.57. The van der Waals surface area contributed by atoms with Gasteiger partial charge < -0.3 is 10.2 Å². The van der Waals surface area contributed by atoms with Gasteiger partial charge in [0.1, 0.15) is 5.41 Å². The molecule has 27 heavy (non-hydrogen) atoms. The van der Waals surface area contributed by atoms with E-state index in [1.54, 1.807) is 0 Å². The molecule has 0 atom stereocenters. The van der Waals surface area contributed by atoms with E-state index in [0.29, 0.717) is 19.4 Å². The van der Waals surface area contributed by atoms with Crippen molar-refractivity contribution in [2.45, 2.75) is 53.1 Å². The molecule has 3 rings (SSSR count). The number of carbonyl (C=O) groups is 2. The summed E-state index contributed by atoms with van der Waals surface area (Å²) in [6, 6.07) is 15.8. The Hall–Kier alpha value is -2.62. The normalized spacial score (nSPS) is 14.7. The Morgan fingerprint density at radius 3 is 2.26 bits per heavy atom. The van der Waals surface area contributed by atoms with Crippen molar-refractivity contribution < 1.29 is 9.59 Å². The third-order valence-electron chi connectivity index (χ3n) is 5.44. The molecule has 1 N–H and O–H groups in total. The van der Waals surface area contributed by atoms with Crippen molar-refractivity contribution >= 4 is 17.5 Å². The molecule has 0 saturated heterocycles. The smallest absolute Gasteiger partial charge is 0.240 e. The molecule has 0 bridgehead atoms. The Bertz CT molecular complexity index is 839. The van der Waals surface area contributed by atoms with E-state index in [9.17, 15) is 9.59 Å². The largest absolute Gasteiger partial charge is 0.335 e. The minimum Gasteiger partial charge on any atom is -0.335 e. The Kier molecular flexibility index (Phi) is 5.36. The summed E-state index contributed by atoms with van der Waals surface area (Å²) in [5.41, 5.74) is 3.21. The highest BCUT2D eigenvalue weighted by Crippen LogP contribution is 2.48. The lowest BCUT2D eigenvalue weighted by atomic mass is 10.0. The quantitative estimate of drug-likeness (QED) is 0.770. The van der Waals surface area contributed by atoms with Crippen molar-refractivity contribution in [1.82, 2.24) is 4.90 Å². The molecule has 0 unspecified atom stereocenters. The standard InChI is InChI=1S/C23H28N2O2/c1-16(2)25(15-19-8-6-5-7-9-19)22(27)23(12-13-23)21(26)24-20-11-10-17(3)18(4)14-20/h5-11,14,16H,12-13,15H2,1-4H3,(H,24,26). The molecule has 142 valence electrons. The number of benzene rings is 2. The predicted molar refractivity (Wildman–Crippen MR) is 108 cm³/mol. The number of rotatable bonds is 6. The van der Waals surface area contributed by atoms with Gasteiger partial charge in [0.2, 0.25) is 11.8 Å². The van der Waals surface area contributed by atoms with E-state index in [4.69, 9.17) is 0 Å². The Labute approximate surface area is 161 Å². The van der Waals surface area contributed by atoms with Gasteiger partial charge in [-0.3, -0.25) is 9.59 Å². The molecule has 2 aromatic carbocycles. The molecule has 2 amide bonds. The topological polar surface area (TPSA) is 49.4 Å². The van der Waals surface area contributed by atoms with Crippen LogP contribution in [0.3, 0.4) is 0 Å². The maximum Gasteiger partial charge on any atom is 0.240 e. The zero-order chi connectivity index (χ0) is 19.6. The van der Waals surface area contributed by atoms with Crippen LogP contribution in [0.15, 0.2) is 48.5 Å². The molecule has 4 heteroatoms. The van der Waals surface area contributed by atoms with Gasteiger partial charge in [-0.15, -0.1) is 0 Å². The molecule has 1 aliphatic carbocycles. The second kappa shape index (κ2) is 7.55. The third-order valence-corrected chi connectivity index (χ3v) is 5.44. The van der Waals surface area contributed by atoms with E-state index >= 15 is 0 Å². The SMILES string of the molecule is Cc1ccc(NC(=O)C2(C(=O)N(Cc3ccccc3)C(C)C)CC2)cc1C. The van der Waals surface area contributed by atoms with E-state index in [0.717, 1.165) is 16.8 Å². The van der Waals surface area contributed by atoms with Crippen LogP contribution in [0.25, 0.3) is 0 Å². The van der Waals surface area contributed by atoms with Crippen LogP contribution in [-0.2, 0) is 16.1 Å². The number of hydrogen-bond acceptors (Lipinski definition) is 2. The number of nitrogens with one attached hydrogen (secondary N) is 1. The van der Waals surface area contributed by atoms with Gasteiger partial charge in [-0.2, -0.15) is 0 Å². The van der Waals surface area contributed by atoms with E-state index in [1.165, 1.54) is 5.56 Å². The molecule has 1 saturated carbocycles. The minimum absolute atomic E-state index is 0.0320. The summed E-state index contributed by atoms with van der Waals surface area (Å²) in [7, 11) is 0. The van der Waals surface area contributed by atoms with Crippen molar-refractivity contribution in [3.8, 4) is 0 Å². The van der Waals surface area contributed by atoms with Crippen molar-refractivity contribution in [1.29, 1.82) is 0 Å². The summed E-state index contributed by atoms with van der Waals surface area (Å²) < 4.78 is 0. The molecule has 4 nitrogen and oxygen atoms in total. The maximum atomic E-state index is 13.3. The lowest BCUT2D eigenvalue weighted by Gasteiger charge is -2.30. The second-order valence-corrected chi connectivity index (χ2v) is 7.85. The fourth-order valence-corrected chi connectivity index (χ4v) is 3.28. The van der Waals surface area contributed by atoms with E-state index in [1.807, 2.05) is 81.1 Å². The number of carbonyl (C=O) groups excluding carboxylic acids is 2. The zero-order valence-corrected chi connectivity index (χ0v) is 16.6. The lowest BCUT2D eigenvalue weighted by Crippen LogP contribution is -2.45. The van der Waals surface area contributed by atoms with Gasteiger partial charge in [0.05, 0.1) is 0 Å². The van der Waals surface area contributed by atoms with Gasteiger partial charge in [0.15, 0.2) is 0 Å². The second-order valence-electron chi connectivity index (χ2n) is 7.85. The van der Waals surface area contributed by atoms with Crippen LogP contribution < -0.4 is 5.32 Å². The molecule has 1 aliphatic rings. The van der Waals surface area contributed by atoms with Crippen molar-refractivity contribution in [2.24, 2.45) is 5.41 Å². The molecular weight excluding hydrogens is 336 g/mol. The van der Waals surface area contributed by atoms with E-state index < -0.39 is 5.41 Å². The van der Waals surface area contributed by atoms with Crippen LogP contribution in [0.2, 0.25) is 0 Å². The Morgan fingerprint density at radius 2 is 1.70 bits per heavy atom. The van der Waals surface area contributed by atoms with Crippen molar-refractivity contribution in [3.63, 3.8) is 0 Å². The summed E-state index contributed by atoms with van der Waals surface area (Å²) in [5, 5.41) is 2.96. The average molecular weight is 364 g/mol. The van der Waals surface area contributed by atoms with Crippen LogP contribution in [0.4, 0.5) is 5.69 Å². The zero-order valence-electron chi connectivity index (χ0n) is 16.6. The fourth-order valence-electron chi connectivity index (χ4n) is 3.28. The molecule has 0 spiro atoms. The summed E-state index contributed by atoms with van der Waals surface area (Å²) in [6.07, 6.45) is 1.22. The van der Waals surface area contributed by atoms with Crippen LogP contribution in [0, 0.1) is 19.3 Å². The van der Waals surface area contributed by atoms with E-state index in [2.05, 4.69) is 5.32 Å². The van der Waals surface area contributed by atoms with Crippen molar-refractivity contribution in [3.05, 3.63) is 65.2 Å². The van der Waals surface area contributed by atoms with Gasteiger partial charge in [-0.1, -0.05) is 36.4 Å². The first-order chi connectivity index (χ1) is 12.8. The molecular formula is C23H28N2O2. The monoisotopic (exact) mass is 364 g/mol. The maximum absolute atomic E-state index is 13.3. The van der Waals surface area contributed by atoms with Crippen LogP contribution in [0.5, 0.6) is 0 Å². The van der Waals surface area contributed by atoms with Crippen LogP contribution >= 0.6 is 0 Å². The first-order valence-corrected chi connectivity index (χ1v) is 9.57. The van der Waals surface area contributed by atoms with Gasteiger partial charge in [-0.25, -0.2) is 0 Å². The minimum atomic E-state index is -0.919. The summed E-state index contributed by atoms with van der Waals surface area (Å²) in [5.74, 6) is -0.253. The molecule has 1 fully saturated rings. The number of nitrogens with zero attached hydrogens (tertiary/aromatic N) is 1. The number of aryl methyl sites for hydroxylation is 2. The summed E-state index contributed by atoms with van der Waals surface area (Å²) in [4.78, 5) is 28.1. The number of anilines is 1. The average Bonchev–Trinajstić information content (AvgIpc) is 3.45. The molecule has 0 aromatic heterocycles. The van der Waals surface area contributed by atoms with Crippen LogP contribution in [0.1, 0.15) is 43.4 Å². The fraction of sp³-hybridized carbons (Fsp3) is 0.391. The molecule has 2 aromatic rings. The molecule has 0 heterocycles. The van der Waals surface area contributed by atoms with Gasteiger partial charge >= 0.3 is 0 Å². The Balaban J connectivity index is 1.76. The highest BCUT2D eigenvalue weighted by molar-refractivity contribution is 6.13. The highest BCUT2D eigenvalue weighted by Gasteiger charge is 2.58. The first kappa shape index (κ1) is 19.2. The number of hydrogen-bond donors (Lipinski definition) is 1. The third kappa shape index (κ3) is 4.05. The van der Waals surface area contributed by atoms with Gasteiger partial charge in [-0.05, 0) is 69.4 Å². The van der Waals surface area contributed by atoms with Gasteiger partial charge in [0.25, 0.3) is 0 Å². The highest BCUT2D eigenvalue weighted by atomic mass is 16.2. The lowest BCUT2D eigenvalue weighted by molar-refractivity contribution is -0.144. The Morgan fingerprint density at radius 1 is 1.04 bits per heavy atom. The van der Waals surface area contributed by atoms with E-state index in [-0.39, 0.29) is 17.9 Å². The van der Waals surface area contributed by atoms with Crippen LogP contribution in [-0.4, -0.2) is 22.8 Å². The predicted octanol–water partition coefficient (Wildman–Crippen LogP) is 4.46. The molecule has 0 radical (unpaired) electrons.